The Morgan fingerprint density at radius 1 is 0.913 bits per heavy atom. The monoisotopic (exact) mass is 322 g/mol. The zero-order valence-electron chi connectivity index (χ0n) is 12.4. The van der Waals surface area contributed by atoms with E-state index in [0.717, 1.165) is 31.9 Å². The minimum atomic E-state index is -4.70. The van der Waals surface area contributed by atoms with Crippen LogP contribution in [-0.4, -0.2) is 32.5 Å². The quantitative estimate of drug-likeness (QED) is 0.933. The Morgan fingerprint density at radius 3 is 2.22 bits per heavy atom. The molecule has 1 fully saturated rings. The van der Waals surface area contributed by atoms with Crippen molar-refractivity contribution in [2.45, 2.75) is 6.36 Å². The number of hydrogen-bond acceptors (Lipinski definition) is 3. The standard InChI is InChI=1S/C17H17F3N2O/c18-17(19,20)23-16-4-2-1-3-15(16)13-5-7-14(8-6-13)22-11-9-21-10-12-22/h1-8,21H,9-12H2. The Balaban J connectivity index is 1.84. The molecule has 3 rings (SSSR count). The summed E-state index contributed by atoms with van der Waals surface area (Å²) >= 11 is 0. The zero-order valence-corrected chi connectivity index (χ0v) is 12.4. The number of hydrogen-bond donors (Lipinski definition) is 1. The van der Waals surface area contributed by atoms with Gasteiger partial charge in [0.2, 0.25) is 0 Å². The molecule has 0 amide bonds. The number of ether oxygens (including phenoxy) is 1. The first kappa shape index (κ1) is 15.7. The number of para-hydroxylation sites is 1. The number of anilines is 1. The van der Waals surface area contributed by atoms with Crippen LogP contribution in [0.15, 0.2) is 48.5 Å². The molecular formula is C17H17F3N2O. The van der Waals surface area contributed by atoms with E-state index in [2.05, 4.69) is 15.0 Å². The number of piperazine rings is 1. The van der Waals surface area contributed by atoms with Crippen LogP contribution in [0.2, 0.25) is 0 Å². The largest absolute Gasteiger partial charge is 0.573 e. The average molecular weight is 322 g/mol. The molecule has 0 aromatic heterocycles. The van der Waals surface area contributed by atoms with Crippen molar-refractivity contribution >= 4 is 5.69 Å². The summed E-state index contributed by atoms with van der Waals surface area (Å²) in [6.45, 7) is 3.72. The van der Waals surface area contributed by atoms with Gasteiger partial charge < -0.3 is 15.0 Å². The summed E-state index contributed by atoms with van der Waals surface area (Å²) in [6, 6.07) is 13.7. The lowest BCUT2D eigenvalue weighted by molar-refractivity contribution is -0.274. The van der Waals surface area contributed by atoms with E-state index in [0.29, 0.717) is 11.1 Å². The number of nitrogens with zero attached hydrogens (tertiary/aromatic N) is 1. The molecule has 2 aromatic carbocycles. The highest BCUT2D eigenvalue weighted by molar-refractivity contribution is 5.72. The SMILES string of the molecule is FC(F)(F)Oc1ccccc1-c1ccc(N2CCNCC2)cc1. The lowest BCUT2D eigenvalue weighted by Gasteiger charge is -2.29. The number of halogens is 3. The Morgan fingerprint density at radius 2 is 1.57 bits per heavy atom. The summed E-state index contributed by atoms with van der Waals surface area (Å²) in [5.74, 6) is -0.185. The maximum atomic E-state index is 12.5. The van der Waals surface area contributed by atoms with E-state index < -0.39 is 6.36 Å². The first-order chi connectivity index (χ1) is 11.0. The second-order valence-electron chi connectivity index (χ2n) is 5.33. The third kappa shape index (κ3) is 3.96. The van der Waals surface area contributed by atoms with Crippen LogP contribution in [0, 0.1) is 0 Å². The molecule has 1 N–H and O–H groups in total. The third-order valence-electron chi connectivity index (χ3n) is 3.77. The van der Waals surface area contributed by atoms with Gasteiger partial charge in [0.1, 0.15) is 5.75 Å². The van der Waals surface area contributed by atoms with E-state index in [1.807, 2.05) is 24.3 Å². The van der Waals surface area contributed by atoms with E-state index >= 15 is 0 Å². The molecule has 0 aliphatic carbocycles. The molecule has 0 saturated carbocycles. The van der Waals surface area contributed by atoms with Crippen molar-refractivity contribution in [3.8, 4) is 16.9 Å². The van der Waals surface area contributed by atoms with Crippen LogP contribution >= 0.6 is 0 Å². The first-order valence-corrected chi connectivity index (χ1v) is 7.44. The van der Waals surface area contributed by atoms with Gasteiger partial charge in [-0.3, -0.25) is 0 Å². The van der Waals surface area contributed by atoms with Crippen molar-refractivity contribution in [1.29, 1.82) is 0 Å². The van der Waals surface area contributed by atoms with Gasteiger partial charge in [-0.05, 0) is 23.8 Å². The summed E-state index contributed by atoms with van der Waals surface area (Å²) in [7, 11) is 0. The van der Waals surface area contributed by atoms with Crippen molar-refractivity contribution in [3.63, 3.8) is 0 Å². The highest BCUT2D eigenvalue weighted by Gasteiger charge is 2.32. The minimum absolute atomic E-state index is 0.185. The second-order valence-corrected chi connectivity index (χ2v) is 5.33. The molecule has 1 saturated heterocycles. The molecule has 3 nitrogen and oxygen atoms in total. The smallest absolute Gasteiger partial charge is 0.405 e. The number of rotatable bonds is 3. The molecule has 1 aliphatic heterocycles. The fourth-order valence-corrected chi connectivity index (χ4v) is 2.69. The maximum absolute atomic E-state index is 12.5. The first-order valence-electron chi connectivity index (χ1n) is 7.44. The minimum Gasteiger partial charge on any atom is -0.405 e. The number of alkyl halides is 3. The Labute approximate surface area is 132 Å². The van der Waals surface area contributed by atoms with Gasteiger partial charge in [0.25, 0.3) is 0 Å². The number of nitrogens with one attached hydrogen (secondary N) is 1. The van der Waals surface area contributed by atoms with Gasteiger partial charge in [0, 0.05) is 37.4 Å². The lowest BCUT2D eigenvalue weighted by atomic mass is 10.0. The van der Waals surface area contributed by atoms with Crippen LogP contribution in [-0.2, 0) is 0 Å². The van der Waals surface area contributed by atoms with E-state index in [1.54, 1.807) is 12.1 Å². The molecule has 122 valence electrons. The normalized spacial score (nSPS) is 15.5. The Hall–Kier alpha value is -2.21. The van der Waals surface area contributed by atoms with Gasteiger partial charge in [-0.15, -0.1) is 13.2 Å². The predicted molar refractivity (Wildman–Crippen MR) is 83.6 cm³/mol. The van der Waals surface area contributed by atoms with E-state index in [-0.39, 0.29) is 5.75 Å². The van der Waals surface area contributed by atoms with Crippen LogP contribution in [0.5, 0.6) is 5.75 Å². The predicted octanol–water partition coefficient (Wildman–Crippen LogP) is 3.66. The third-order valence-corrected chi connectivity index (χ3v) is 3.77. The van der Waals surface area contributed by atoms with Crippen LogP contribution in [0.4, 0.5) is 18.9 Å². The van der Waals surface area contributed by atoms with Gasteiger partial charge in [-0.2, -0.15) is 0 Å². The van der Waals surface area contributed by atoms with Gasteiger partial charge >= 0.3 is 6.36 Å². The van der Waals surface area contributed by atoms with Crippen molar-refractivity contribution < 1.29 is 17.9 Å². The molecular weight excluding hydrogens is 305 g/mol. The molecule has 1 aliphatic rings. The molecule has 0 unspecified atom stereocenters. The summed E-state index contributed by atoms with van der Waals surface area (Å²) < 4.78 is 41.6. The molecule has 0 spiro atoms. The highest BCUT2D eigenvalue weighted by Crippen LogP contribution is 2.34. The fourth-order valence-electron chi connectivity index (χ4n) is 2.69. The zero-order chi connectivity index (χ0) is 16.3. The van der Waals surface area contributed by atoms with Crippen molar-refractivity contribution in [2.75, 3.05) is 31.1 Å². The topological polar surface area (TPSA) is 24.5 Å². The maximum Gasteiger partial charge on any atom is 0.573 e. The van der Waals surface area contributed by atoms with Crippen molar-refractivity contribution in [2.24, 2.45) is 0 Å². The Kier molecular flexibility index (Phi) is 4.43. The number of benzene rings is 2. The molecule has 0 radical (unpaired) electrons. The van der Waals surface area contributed by atoms with Gasteiger partial charge in [0.05, 0.1) is 0 Å². The van der Waals surface area contributed by atoms with Crippen LogP contribution in [0.3, 0.4) is 0 Å². The average Bonchev–Trinajstić information content (AvgIpc) is 2.55. The molecule has 0 atom stereocenters. The van der Waals surface area contributed by atoms with Gasteiger partial charge in [-0.1, -0.05) is 30.3 Å². The van der Waals surface area contributed by atoms with Crippen LogP contribution < -0.4 is 15.0 Å². The van der Waals surface area contributed by atoms with E-state index in [1.165, 1.54) is 12.1 Å². The molecule has 1 heterocycles. The summed E-state index contributed by atoms with van der Waals surface area (Å²) in [6.07, 6.45) is -4.70. The molecule has 23 heavy (non-hydrogen) atoms. The van der Waals surface area contributed by atoms with Crippen molar-refractivity contribution in [3.05, 3.63) is 48.5 Å². The molecule has 0 bridgehead atoms. The molecule has 2 aromatic rings. The van der Waals surface area contributed by atoms with Crippen LogP contribution in [0.25, 0.3) is 11.1 Å². The lowest BCUT2D eigenvalue weighted by Crippen LogP contribution is -2.43. The summed E-state index contributed by atoms with van der Waals surface area (Å²) in [5, 5.41) is 3.29. The molecule has 6 heteroatoms. The van der Waals surface area contributed by atoms with Gasteiger partial charge in [-0.25, -0.2) is 0 Å². The Bertz CT molecular complexity index is 650. The summed E-state index contributed by atoms with van der Waals surface area (Å²) in [5.41, 5.74) is 2.20. The second kappa shape index (κ2) is 6.50. The van der Waals surface area contributed by atoms with Crippen LogP contribution in [0.1, 0.15) is 0 Å². The van der Waals surface area contributed by atoms with E-state index in [9.17, 15) is 13.2 Å². The van der Waals surface area contributed by atoms with E-state index in [4.69, 9.17) is 0 Å². The summed E-state index contributed by atoms with van der Waals surface area (Å²) in [4.78, 5) is 2.25. The fraction of sp³-hybridized carbons (Fsp3) is 0.294. The van der Waals surface area contributed by atoms with Gasteiger partial charge in [0.15, 0.2) is 0 Å². The highest BCUT2D eigenvalue weighted by atomic mass is 19.4. The van der Waals surface area contributed by atoms with Crippen molar-refractivity contribution in [1.82, 2.24) is 5.32 Å².